The molecule has 2 atom stereocenters. The van der Waals surface area contributed by atoms with Gasteiger partial charge in [-0.2, -0.15) is 0 Å². The van der Waals surface area contributed by atoms with Crippen molar-refractivity contribution in [3.63, 3.8) is 0 Å². The fraction of sp³-hybridized carbons (Fsp3) is 0.727. The van der Waals surface area contributed by atoms with Crippen molar-refractivity contribution in [3.05, 3.63) is 0 Å². The van der Waals surface area contributed by atoms with Gasteiger partial charge in [-0.15, -0.1) is 0 Å². The number of carboxylic acid groups (broad SMARTS) is 1. The predicted molar refractivity (Wildman–Crippen MR) is 81.2 cm³/mol. The van der Waals surface area contributed by atoms with Gasteiger partial charge < -0.3 is 14.7 Å². The molecule has 1 heterocycles. The highest BCUT2D eigenvalue weighted by molar-refractivity contribution is 8.83. The van der Waals surface area contributed by atoms with E-state index in [-0.39, 0.29) is 11.8 Å². The maximum atomic E-state index is 12.2. The molecular weight excluding hydrogens is 306 g/mol. The number of methoxy groups -OCH3 is 1. The fourth-order valence-corrected chi connectivity index (χ4v) is 4.18. The zero-order valence-electron chi connectivity index (χ0n) is 10.8. The number of carbonyl (C=O) groups excluding carboxylic acids is 1. The lowest BCUT2D eigenvalue weighted by Crippen LogP contribution is -2.43. The van der Waals surface area contributed by atoms with Gasteiger partial charge in [-0.1, -0.05) is 17.7 Å². The topological polar surface area (TPSA) is 66.8 Å². The Kier molecular flexibility index (Phi) is 6.95. The lowest BCUT2D eigenvalue weighted by molar-refractivity contribution is -0.149. The molecule has 108 valence electrons. The number of carboxylic acids is 1. The number of likely N-dealkylation sites (tertiary alicyclic amines) is 1. The molecule has 8 heteroatoms. The van der Waals surface area contributed by atoms with Gasteiger partial charge in [0.25, 0.3) is 0 Å². The van der Waals surface area contributed by atoms with Crippen LogP contribution in [0.5, 0.6) is 0 Å². The van der Waals surface area contributed by atoms with E-state index in [9.17, 15) is 9.59 Å². The van der Waals surface area contributed by atoms with Gasteiger partial charge in [-0.05, 0) is 35.9 Å². The number of carbonyl (C=O) groups is 2. The second kappa shape index (κ2) is 7.96. The first kappa shape index (κ1) is 16.6. The Morgan fingerprint density at radius 3 is 2.84 bits per heavy atom. The third-order valence-corrected chi connectivity index (χ3v) is 5.86. The van der Waals surface area contributed by atoms with Gasteiger partial charge in [0.1, 0.15) is 6.04 Å². The lowest BCUT2D eigenvalue weighted by Gasteiger charge is -2.24. The summed E-state index contributed by atoms with van der Waals surface area (Å²) in [6, 6.07) is -0.660. The zero-order chi connectivity index (χ0) is 14.4. The molecule has 0 unspecified atom stereocenters. The third-order valence-electron chi connectivity index (χ3n) is 2.85. The molecule has 0 spiro atoms. The van der Waals surface area contributed by atoms with Gasteiger partial charge in [0.15, 0.2) is 0 Å². The first-order valence-electron chi connectivity index (χ1n) is 5.88. The van der Waals surface area contributed by atoms with E-state index in [0.29, 0.717) is 23.1 Å². The van der Waals surface area contributed by atoms with Crippen LogP contribution in [0.1, 0.15) is 19.8 Å². The summed E-state index contributed by atoms with van der Waals surface area (Å²) in [5.41, 5.74) is 0. The van der Waals surface area contributed by atoms with Gasteiger partial charge in [0.2, 0.25) is 10.3 Å². The van der Waals surface area contributed by atoms with Gasteiger partial charge in [-0.25, -0.2) is 4.79 Å². The van der Waals surface area contributed by atoms with Crippen molar-refractivity contribution in [2.45, 2.75) is 25.8 Å². The van der Waals surface area contributed by atoms with Crippen LogP contribution in [0.4, 0.5) is 0 Å². The first-order valence-corrected chi connectivity index (χ1v) is 8.60. The minimum atomic E-state index is -0.916. The highest BCUT2D eigenvalue weighted by Crippen LogP contribution is 2.28. The summed E-state index contributed by atoms with van der Waals surface area (Å²) in [6.07, 6.45) is 1.30. The number of ether oxygens (including phenoxy) is 1. The highest BCUT2D eigenvalue weighted by Gasteiger charge is 2.35. The quantitative estimate of drug-likeness (QED) is 0.613. The molecule has 0 radical (unpaired) electrons. The van der Waals surface area contributed by atoms with Crippen molar-refractivity contribution in [1.29, 1.82) is 0 Å². The summed E-state index contributed by atoms with van der Waals surface area (Å²) >= 11 is 4.88. The van der Waals surface area contributed by atoms with Crippen molar-refractivity contribution >= 4 is 50.1 Å². The van der Waals surface area contributed by atoms with Crippen LogP contribution in [-0.2, 0) is 14.3 Å². The first-order chi connectivity index (χ1) is 8.97. The van der Waals surface area contributed by atoms with E-state index in [2.05, 4.69) is 0 Å². The Morgan fingerprint density at radius 2 is 2.26 bits per heavy atom. The van der Waals surface area contributed by atoms with Crippen LogP contribution in [0.3, 0.4) is 0 Å². The van der Waals surface area contributed by atoms with E-state index in [0.717, 1.165) is 6.42 Å². The number of nitrogens with zero attached hydrogens (tertiary/aromatic N) is 1. The minimum absolute atomic E-state index is 0.0960. The molecule has 19 heavy (non-hydrogen) atoms. The van der Waals surface area contributed by atoms with E-state index in [1.807, 2.05) is 6.92 Å². The van der Waals surface area contributed by atoms with E-state index in [1.54, 1.807) is 0 Å². The lowest BCUT2D eigenvalue weighted by atomic mass is 10.1. The van der Waals surface area contributed by atoms with Crippen LogP contribution in [0.2, 0.25) is 0 Å². The Balaban J connectivity index is 2.43. The van der Waals surface area contributed by atoms with E-state index >= 15 is 0 Å². The summed E-state index contributed by atoms with van der Waals surface area (Å²) in [4.78, 5) is 24.7. The summed E-state index contributed by atoms with van der Waals surface area (Å²) in [5, 5.41) is 9.06. The number of hydrogen-bond donors (Lipinski definition) is 1. The fourth-order valence-electron chi connectivity index (χ4n) is 1.86. The van der Waals surface area contributed by atoms with Gasteiger partial charge in [0.05, 0.1) is 7.11 Å². The number of amides is 1. The molecule has 1 saturated heterocycles. The minimum Gasteiger partial charge on any atom is -0.481 e. The summed E-state index contributed by atoms with van der Waals surface area (Å²) in [7, 11) is 4.26. The molecule has 0 aromatic heterocycles. The van der Waals surface area contributed by atoms with E-state index in [4.69, 9.17) is 22.1 Å². The van der Waals surface area contributed by atoms with Crippen molar-refractivity contribution in [2.75, 3.05) is 19.4 Å². The van der Waals surface area contributed by atoms with Crippen LogP contribution in [0.25, 0.3) is 0 Å². The largest absolute Gasteiger partial charge is 0.481 e. The SMILES string of the molecule is COC(=S)SSC[C@@H](C)C(=O)N1CCC[C@H]1C(=O)O. The molecule has 1 amide bonds. The van der Waals surface area contributed by atoms with Crippen LogP contribution in [-0.4, -0.2) is 51.7 Å². The molecule has 1 aliphatic heterocycles. The van der Waals surface area contributed by atoms with Crippen molar-refractivity contribution in [3.8, 4) is 0 Å². The van der Waals surface area contributed by atoms with E-state index < -0.39 is 12.0 Å². The average molecular weight is 323 g/mol. The van der Waals surface area contributed by atoms with Crippen molar-refractivity contribution in [2.24, 2.45) is 5.92 Å². The van der Waals surface area contributed by atoms with Gasteiger partial charge in [0, 0.05) is 18.2 Å². The molecule has 1 aliphatic rings. The normalized spacial score (nSPS) is 20.1. The Labute approximate surface area is 125 Å². The number of aliphatic carboxylic acids is 1. The van der Waals surface area contributed by atoms with Crippen LogP contribution < -0.4 is 0 Å². The summed E-state index contributed by atoms with van der Waals surface area (Å²) in [5.74, 6) is -0.658. The molecule has 1 N–H and O–H groups in total. The predicted octanol–water partition coefficient (Wildman–Crippen LogP) is 2.01. The molecule has 0 bridgehead atoms. The second-order valence-electron chi connectivity index (χ2n) is 4.25. The van der Waals surface area contributed by atoms with Crippen molar-refractivity contribution in [1.82, 2.24) is 4.90 Å². The molecule has 0 aromatic rings. The Hall–Kier alpha value is -0.470. The summed E-state index contributed by atoms with van der Waals surface area (Å²) < 4.78 is 5.27. The van der Waals surface area contributed by atoms with Crippen LogP contribution in [0, 0.1) is 5.92 Å². The molecule has 0 aliphatic carbocycles. The Morgan fingerprint density at radius 1 is 1.58 bits per heavy atom. The van der Waals surface area contributed by atoms with Gasteiger partial charge in [-0.3, -0.25) is 4.79 Å². The molecular formula is C11H17NO4S3. The number of thiocarbonyl (C=S) groups is 1. The molecule has 5 nitrogen and oxygen atoms in total. The van der Waals surface area contributed by atoms with Crippen LogP contribution in [0.15, 0.2) is 0 Å². The molecule has 0 aromatic carbocycles. The van der Waals surface area contributed by atoms with E-state index in [1.165, 1.54) is 33.6 Å². The third kappa shape index (κ3) is 4.85. The van der Waals surface area contributed by atoms with Gasteiger partial charge >= 0.3 is 5.97 Å². The monoisotopic (exact) mass is 323 g/mol. The molecule has 0 saturated carbocycles. The summed E-state index contributed by atoms with van der Waals surface area (Å²) in [6.45, 7) is 2.34. The standard InChI is InChI=1S/C11H17NO4S3/c1-7(6-18-19-11(17)16-2)9(13)12-5-3-4-8(12)10(14)15/h7-8H,3-6H2,1-2H3,(H,14,15)/t7-,8+/m1/s1. The second-order valence-corrected chi connectivity index (χ2v) is 7.19. The molecule has 1 fully saturated rings. The zero-order valence-corrected chi connectivity index (χ0v) is 13.3. The number of hydrogen-bond acceptors (Lipinski definition) is 6. The number of rotatable bonds is 5. The smallest absolute Gasteiger partial charge is 0.326 e. The Bertz CT molecular complexity index is 364. The average Bonchev–Trinajstić information content (AvgIpc) is 2.86. The molecule has 1 rings (SSSR count). The maximum Gasteiger partial charge on any atom is 0.326 e. The maximum absolute atomic E-state index is 12.2. The van der Waals surface area contributed by atoms with Crippen LogP contribution >= 0.6 is 33.8 Å². The highest BCUT2D eigenvalue weighted by atomic mass is 33.1. The van der Waals surface area contributed by atoms with Crippen molar-refractivity contribution < 1.29 is 19.4 Å².